The van der Waals surface area contributed by atoms with E-state index in [-0.39, 0.29) is 23.0 Å². The Labute approximate surface area is 241 Å². The first-order valence-corrected chi connectivity index (χ1v) is 13.4. The molecule has 2 aromatic carbocycles. The molecule has 0 atom stereocenters. The average molecular weight is 563 g/mol. The third-order valence-electron chi connectivity index (χ3n) is 6.37. The predicted molar refractivity (Wildman–Crippen MR) is 162 cm³/mol. The van der Waals surface area contributed by atoms with Crippen LogP contribution in [0, 0.1) is 0 Å². The molecule has 11 nitrogen and oxygen atoms in total. The molecule has 0 aliphatic rings. The highest BCUT2D eigenvalue weighted by molar-refractivity contribution is 6.03. The van der Waals surface area contributed by atoms with Gasteiger partial charge in [-0.1, -0.05) is 37.3 Å². The summed E-state index contributed by atoms with van der Waals surface area (Å²) >= 11 is 0. The molecule has 4 N–H and O–H groups in total. The first kappa shape index (κ1) is 28.0. The summed E-state index contributed by atoms with van der Waals surface area (Å²) < 4.78 is 8.86. The molecule has 6 aromatic rings. The molecule has 0 unspecified atom stereocenters. The Morgan fingerprint density at radius 3 is 2.50 bits per heavy atom. The van der Waals surface area contributed by atoms with Crippen molar-refractivity contribution in [3.63, 3.8) is 0 Å². The maximum Gasteiger partial charge on any atom is 0.266 e. The number of rotatable bonds is 6. The zero-order valence-electron chi connectivity index (χ0n) is 23.4. The number of hydrogen-bond acceptors (Lipinski definition) is 8. The number of ether oxygens (including phenoxy) is 1. The van der Waals surface area contributed by atoms with E-state index >= 15 is 0 Å². The van der Waals surface area contributed by atoms with Crippen molar-refractivity contribution in [3.8, 4) is 22.7 Å². The van der Waals surface area contributed by atoms with Crippen LogP contribution in [0.3, 0.4) is 0 Å². The second kappa shape index (κ2) is 11.9. The number of carbonyl (C=O) groups is 1. The van der Waals surface area contributed by atoms with E-state index in [0.29, 0.717) is 28.9 Å². The van der Waals surface area contributed by atoms with Crippen LogP contribution in [-0.4, -0.2) is 41.1 Å². The van der Waals surface area contributed by atoms with Crippen molar-refractivity contribution >= 4 is 28.3 Å². The van der Waals surface area contributed by atoms with Gasteiger partial charge in [0.05, 0.1) is 22.7 Å². The molecule has 0 saturated heterocycles. The largest absolute Gasteiger partial charge is 0.475 e. The third kappa shape index (κ3) is 5.52. The van der Waals surface area contributed by atoms with E-state index in [2.05, 4.69) is 15.1 Å². The minimum absolute atomic E-state index is 0.0226. The maximum atomic E-state index is 13.6. The number of carbonyl (C=O) groups excluding carboxylic acids is 1. The second-order valence-electron chi connectivity index (χ2n) is 9.62. The SMILES string of the molecule is CCc1nc2cccc(-c3ccnc(OC(C)C)c3)c2c(=O)n1-c1ccccc1.NC(=O)c1c(N)nn2cccnc12. The van der Waals surface area contributed by atoms with E-state index < -0.39 is 5.91 Å². The molecule has 0 radical (unpaired) electrons. The van der Waals surface area contributed by atoms with Gasteiger partial charge in [0, 0.05) is 31.1 Å². The van der Waals surface area contributed by atoms with Crippen molar-refractivity contribution < 1.29 is 9.53 Å². The monoisotopic (exact) mass is 562 g/mol. The molecule has 0 spiro atoms. The Morgan fingerprint density at radius 1 is 1.00 bits per heavy atom. The molecule has 0 bridgehead atoms. The Bertz CT molecular complexity index is 1950. The molecule has 4 aromatic heterocycles. The first-order chi connectivity index (χ1) is 20.3. The highest BCUT2D eigenvalue weighted by Gasteiger charge is 2.17. The number of para-hydroxylation sites is 1. The van der Waals surface area contributed by atoms with Gasteiger partial charge in [0.15, 0.2) is 11.5 Å². The molecule has 0 saturated carbocycles. The zero-order valence-corrected chi connectivity index (χ0v) is 23.4. The molecular formula is C31H30N8O3. The molecule has 11 heteroatoms. The molecule has 212 valence electrons. The first-order valence-electron chi connectivity index (χ1n) is 13.4. The van der Waals surface area contributed by atoms with Crippen molar-refractivity contribution in [3.05, 3.63) is 107 Å². The smallest absolute Gasteiger partial charge is 0.266 e. The van der Waals surface area contributed by atoms with Crippen LogP contribution < -0.4 is 21.8 Å². The van der Waals surface area contributed by atoms with Crippen LogP contribution in [0.1, 0.15) is 37.0 Å². The molecule has 6 rings (SSSR count). The summed E-state index contributed by atoms with van der Waals surface area (Å²) in [5, 5.41) is 4.46. The molecular weight excluding hydrogens is 532 g/mol. The summed E-state index contributed by atoms with van der Waals surface area (Å²) in [6.45, 7) is 5.93. The third-order valence-corrected chi connectivity index (χ3v) is 6.37. The Morgan fingerprint density at radius 2 is 1.79 bits per heavy atom. The molecule has 0 aliphatic heterocycles. The van der Waals surface area contributed by atoms with E-state index in [0.717, 1.165) is 22.6 Å². The number of benzene rings is 2. The molecule has 4 heterocycles. The highest BCUT2D eigenvalue weighted by Crippen LogP contribution is 2.28. The van der Waals surface area contributed by atoms with Gasteiger partial charge in [-0.05, 0) is 55.3 Å². The Balaban J connectivity index is 0.000000226. The number of nitrogens with zero attached hydrogens (tertiary/aromatic N) is 6. The summed E-state index contributed by atoms with van der Waals surface area (Å²) in [6, 6.07) is 20.9. The van der Waals surface area contributed by atoms with E-state index in [1.54, 1.807) is 29.2 Å². The van der Waals surface area contributed by atoms with Crippen molar-refractivity contribution in [2.75, 3.05) is 5.73 Å². The quantitative estimate of drug-likeness (QED) is 0.306. The topological polar surface area (TPSA) is 156 Å². The number of anilines is 1. The maximum absolute atomic E-state index is 13.6. The van der Waals surface area contributed by atoms with E-state index in [1.807, 2.05) is 81.4 Å². The van der Waals surface area contributed by atoms with Gasteiger partial charge in [-0.15, -0.1) is 5.10 Å². The Hall–Kier alpha value is -5.58. The minimum Gasteiger partial charge on any atom is -0.475 e. The van der Waals surface area contributed by atoms with Crippen molar-refractivity contribution in [1.82, 2.24) is 29.1 Å². The number of nitrogens with two attached hydrogens (primary N) is 2. The number of amides is 1. The number of aromatic nitrogens is 6. The second-order valence-corrected chi connectivity index (χ2v) is 9.62. The van der Waals surface area contributed by atoms with Crippen LogP contribution in [0.15, 0.2) is 90.1 Å². The van der Waals surface area contributed by atoms with Gasteiger partial charge in [-0.25, -0.2) is 19.5 Å². The van der Waals surface area contributed by atoms with E-state index in [4.69, 9.17) is 21.2 Å². The summed E-state index contributed by atoms with van der Waals surface area (Å²) in [6.07, 6.45) is 5.57. The van der Waals surface area contributed by atoms with E-state index in [1.165, 1.54) is 4.52 Å². The van der Waals surface area contributed by atoms with Gasteiger partial charge < -0.3 is 16.2 Å². The fourth-order valence-corrected chi connectivity index (χ4v) is 4.62. The Kier molecular flexibility index (Phi) is 7.91. The van der Waals surface area contributed by atoms with Crippen LogP contribution in [0.25, 0.3) is 33.4 Å². The summed E-state index contributed by atoms with van der Waals surface area (Å²) in [4.78, 5) is 37.6. The lowest BCUT2D eigenvalue weighted by Gasteiger charge is -2.15. The molecule has 0 aliphatic carbocycles. The normalized spacial score (nSPS) is 11.0. The number of pyridine rings is 1. The van der Waals surface area contributed by atoms with Gasteiger partial charge in [-0.2, -0.15) is 0 Å². The fourth-order valence-electron chi connectivity index (χ4n) is 4.62. The lowest BCUT2D eigenvalue weighted by Crippen LogP contribution is -2.24. The molecule has 0 fully saturated rings. The van der Waals surface area contributed by atoms with E-state index in [9.17, 15) is 9.59 Å². The number of primary amides is 1. The highest BCUT2D eigenvalue weighted by atomic mass is 16.5. The van der Waals surface area contributed by atoms with Crippen LogP contribution in [0.4, 0.5) is 5.82 Å². The standard InChI is InChI=1S/C24H23N3O2.C7H7N5O/c1-4-21-26-20-12-8-11-19(17-13-14-25-22(15-17)29-16(2)3)23(20)24(28)27(21)18-9-6-5-7-10-18;8-5-4(6(9)13)7-10-2-1-3-12(7)11-5/h5-16H,4H2,1-3H3;1-3H,(H2,8,11)(H2,9,13). The van der Waals surface area contributed by atoms with Gasteiger partial charge in [0.25, 0.3) is 11.5 Å². The minimum atomic E-state index is -0.619. The van der Waals surface area contributed by atoms with Crippen molar-refractivity contribution in [2.24, 2.45) is 5.73 Å². The van der Waals surface area contributed by atoms with Crippen LogP contribution in [0.5, 0.6) is 5.88 Å². The lowest BCUT2D eigenvalue weighted by molar-refractivity contribution is 0.100. The summed E-state index contributed by atoms with van der Waals surface area (Å²) in [5.74, 6) is 0.762. The fraction of sp³-hybridized carbons (Fsp3) is 0.161. The number of fused-ring (bicyclic) bond motifs is 2. The molecule has 42 heavy (non-hydrogen) atoms. The molecule has 1 amide bonds. The number of aryl methyl sites for hydroxylation is 1. The summed E-state index contributed by atoms with van der Waals surface area (Å²) in [5.41, 5.74) is 14.3. The predicted octanol–water partition coefficient (Wildman–Crippen LogP) is 4.21. The average Bonchev–Trinajstić information content (AvgIpc) is 3.33. The number of hydrogen-bond donors (Lipinski definition) is 2. The van der Waals surface area contributed by atoms with Gasteiger partial charge in [-0.3, -0.25) is 14.2 Å². The van der Waals surface area contributed by atoms with Crippen LogP contribution >= 0.6 is 0 Å². The lowest BCUT2D eigenvalue weighted by atomic mass is 10.0. The van der Waals surface area contributed by atoms with Gasteiger partial charge in [0.1, 0.15) is 11.4 Å². The van der Waals surface area contributed by atoms with Crippen LogP contribution in [0.2, 0.25) is 0 Å². The number of nitrogen functional groups attached to an aromatic ring is 1. The van der Waals surface area contributed by atoms with Gasteiger partial charge in [0.2, 0.25) is 5.88 Å². The van der Waals surface area contributed by atoms with Gasteiger partial charge >= 0.3 is 0 Å². The van der Waals surface area contributed by atoms with Crippen LogP contribution in [-0.2, 0) is 6.42 Å². The zero-order chi connectivity index (χ0) is 29.8. The van der Waals surface area contributed by atoms with Crippen molar-refractivity contribution in [2.45, 2.75) is 33.3 Å². The van der Waals surface area contributed by atoms with Crippen molar-refractivity contribution in [1.29, 1.82) is 0 Å². The summed E-state index contributed by atoms with van der Waals surface area (Å²) in [7, 11) is 0.